The predicted octanol–water partition coefficient (Wildman–Crippen LogP) is 15.6. The topological polar surface area (TPSA) is 78.9 Å². The first kappa shape index (κ1) is 55.6. The van der Waals surface area contributed by atoms with E-state index >= 15 is 0 Å². The molecule has 6 nitrogen and oxygen atoms in total. The maximum Gasteiger partial charge on any atom is 0.306 e. The highest BCUT2D eigenvalue weighted by Gasteiger charge is 2.19. The van der Waals surface area contributed by atoms with Crippen molar-refractivity contribution >= 4 is 17.9 Å². The highest BCUT2D eigenvalue weighted by Crippen LogP contribution is 2.14. The Hall–Kier alpha value is -3.41. The van der Waals surface area contributed by atoms with Gasteiger partial charge in [0.15, 0.2) is 6.10 Å². The van der Waals surface area contributed by atoms with E-state index < -0.39 is 12.1 Å². The summed E-state index contributed by atoms with van der Waals surface area (Å²) in [6.07, 6.45) is 60.0. The van der Waals surface area contributed by atoms with Crippen LogP contribution >= 0.6 is 0 Å². The molecule has 0 bridgehead atoms. The average Bonchev–Trinajstić information content (AvgIpc) is 3.23. The first-order chi connectivity index (χ1) is 29.0. The molecule has 0 rings (SSSR count). The van der Waals surface area contributed by atoms with Gasteiger partial charge in [-0.3, -0.25) is 14.4 Å². The Bertz CT molecular complexity index is 1170. The van der Waals surface area contributed by atoms with Crippen molar-refractivity contribution in [3.63, 3.8) is 0 Å². The maximum atomic E-state index is 12.7. The first-order valence-corrected chi connectivity index (χ1v) is 24.2. The molecule has 1 unspecified atom stereocenters. The molecule has 0 aromatic heterocycles. The molecule has 0 fully saturated rings. The summed E-state index contributed by atoms with van der Waals surface area (Å²) in [6, 6.07) is 0. The summed E-state index contributed by atoms with van der Waals surface area (Å²) in [5, 5.41) is 0. The molecular formula is C53H88O6. The van der Waals surface area contributed by atoms with Crippen molar-refractivity contribution in [3.8, 4) is 0 Å². The lowest BCUT2D eigenvalue weighted by Gasteiger charge is -2.18. The van der Waals surface area contributed by atoms with E-state index in [-0.39, 0.29) is 31.6 Å². The fourth-order valence-corrected chi connectivity index (χ4v) is 6.40. The van der Waals surface area contributed by atoms with Crippen molar-refractivity contribution in [2.75, 3.05) is 13.2 Å². The molecule has 0 aromatic rings. The second-order valence-corrected chi connectivity index (χ2v) is 15.8. The molecule has 0 saturated carbocycles. The summed E-state index contributed by atoms with van der Waals surface area (Å²) in [4.78, 5) is 37.8. The highest BCUT2D eigenvalue weighted by molar-refractivity contribution is 5.71. The van der Waals surface area contributed by atoms with Crippen LogP contribution in [-0.4, -0.2) is 37.2 Å². The molecule has 0 aromatic carbocycles. The monoisotopic (exact) mass is 821 g/mol. The van der Waals surface area contributed by atoms with Crippen molar-refractivity contribution in [2.24, 2.45) is 0 Å². The predicted molar refractivity (Wildman–Crippen MR) is 251 cm³/mol. The number of rotatable bonds is 42. The zero-order valence-corrected chi connectivity index (χ0v) is 38.2. The Kier molecular flexibility index (Phi) is 44.5. The van der Waals surface area contributed by atoms with Crippen molar-refractivity contribution in [1.29, 1.82) is 0 Å². The normalized spacial score (nSPS) is 12.8. The van der Waals surface area contributed by atoms with Crippen molar-refractivity contribution in [1.82, 2.24) is 0 Å². The minimum absolute atomic E-state index is 0.112. The van der Waals surface area contributed by atoms with Crippen LogP contribution in [0.5, 0.6) is 0 Å². The summed E-state index contributed by atoms with van der Waals surface area (Å²) >= 11 is 0. The van der Waals surface area contributed by atoms with Gasteiger partial charge in [0, 0.05) is 19.3 Å². The summed E-state index contributed by atoms with van der Waals surface area (Å²) in [5.74, 6) is -1.03. The Labute approximate surface area is 363 Å². The SMILES string of the molecule is CC\C=C/C=C\C=C/C=C\C=C/CCCCCC(=O)OCC(COC(=O)CCCCCCCCCCCCCCC)OC(=O)CC/C=C\C/C=C\CCCCCCCC. The Balaban J connectivity index is 4.53. The number of unbranched alkanes of at least 4 members (excludes halogenated alkanes) is 21. The minimum atomic E-state index is -0.821. The van der Waals surface area contributed by atoms with Crippen LogP contribution in [0.3, 0.4) is 0 Å². The van der Waals surface area contributed by atoms with E-state index in [0.29, 0.717) is 19.3 Å². The highest BCUT2D eigenvalue weighted by atomic mass is 16.6. The molecule has 0 spiro atoms. The second-order valence-electron chi connectivity index (χ2n) is 15.8. The lowest BCUT2D eigenvalue weighted by Crippen LogP contribution is -2.30. The smallest absolute Gasteiger partial charge is 0.306 e. The largest absolute Gasteiger partial charge is 0.462 e. The van der Waals surface area contributed by atoms with Crippen LogP contribution in [-0.2, 0) is 28.6 Å². The third-order valence-electron chi connectivity index (χ3n) is 10.0. The van der Waals surface area contributed by atoms with E-state index in [1.54, 1.807) is 0 Å². The Morgan fingerprint density at radius 3 is 1.25 bits per heavy atom. The van der Waals surface area contributed by atoms with Crippen LogP contribution in [0.15, 0.2) is 85.1 Å². The van der Waals surface area contributed by atoms with E-state index in [4.69, 9.17) is 14.2 Å². The van der Waals surface area contributed by atoms with Gasteiger partial charge in [0.2, 0.25) is 0 Å². The summed E-state index contributed by atoms with van der Waals surface area (Å²) in [6.45, 7) is 6.38. The second kappa shape index (κ2) is 47.3. The van der Waals surface area contributed by atoms with Crippen LogP contribution in [0.25, 0.3) is 0 Å². The molecule has 0 amide bonds. The molecule has 336 valence electrons. The molecule has 0 aliphatic rings. The lowest BCUT2D eigenvalue weighted by molar-refractivity contribution is -0.166. The fourth-order valence-electron chi connectivity index (χ4n) is 6.40. The van der Waals surface area contributed by atoms with Crippen molar-refractivity contribution in [3.05, 3.63) is 85.1 Å². The summed E-state index contributed by atoms with van der Waals surface area (Å²) < 4.78 is 16.6. The Morgan fingerprint density at radius 2 is 0.763 bits per heavy atom. The number of allylic oxidation sites excluding steroid dienone is 14. The molecule has 0 radical (unpaired) electrons. The van der Waals surface area contributed by atoms with Crippen molar-refractivity contribution in [2.45, 2.75) is 219 Å². The number of carbonyl (C=O) groups excluding carboxylic acids is 3. The van der Waals surface area contributed by atoms with Gasteiger partial charge in [0.1, 0.15) is 13.2 Å². The summed E-state index contributed by atoms with van der Waals surface area (Å²) in [5.41, 5.74) is 0. The minimum Gasteiger partial charge on any atom is -0.462 e. The van der Waals surface area contributed by atoms with Crippen LogP contribution < -0.4 is 0 Å². The van der Waals surface area contributed by atoms with Crippen LogP contribution in [0, 0.1) is 0 Å². The molecule has 0 N–H and O–H groups in total. The van der Waals surface area contributed by atoms with E-state index in [9.17, 15) is 14.4 Å². The van der Waals surface area contributed by atoms with Crippen molar-refractivity contribution < 1.29 is 28.6 Å². The molecule has 0 heterocycles. The average molecular weight is 821 g/mol. The number of esters is 3. The zero-order valence-electron chi connectivity index (χ0n) is 38.2. The van der Waals surface area contributed by atoms with Gasteiger partial charge in [-0.25, -0.2) is 0 Å². The van der Waals surface area contributed by atoms with Gasteiger partial charge in [-0.15, -0.1) is 0 Å². The fraction of sp³-hybridized carbons (Fsp3) is 0.679. The Morgan fingerprint density at radius 1 is 0.373 bits per heavy atom. The van der Waals surface area contributed by atoms with E-state index in [2.05, 4.69) is 51.2 Å². The van der Waals surface area contributed by atoms with E-state index in [1.807, 2.05) is 54.7 Å². The summed E-state index contributed by atoms with van der Waals surface area (Å²) in [7, 11) is 0. The molecule has 0 aliphatic heterocycles. The van der Waals surface area contributed by atoms with Gasteiger partial charge >= 0.3 is 17.9 Å². The van der Waals surface area contributed by atoms with Crippen LogP contribution in [0.1, 0.15) is 213 Å². The number of hydrogen-bond acceptors (Lipinski definition) is 6. The van der Waals surface area contributed by atoms with Gasteiger partial charge in [0.25, 0.3) is 0 Å². The lowest BCUT2D eigenvalue weighted by atomic mass is 10.0. The van der Waals surface area contributed by atoms with Crippen LogP contribution in [0.4, 0.5) is 0 Å². The zero-order chi connectivity index (χ0) is 43.0. The van der Waals surface area contributed by atoms with Crippen LogP contribution in [0.2, 0.25) is 0 Å². The van der Waals surface area contributed by atoms with E-state index in [0.717, 1.165) is 64.2 Å². The molecule has 0 saturated heterocycles. The van der Waals surface area contributed by atoms with Gasteiger partial charge in [-0.1, -0.05) is 221 Å². The molecule has 59 heavy (non-hydrogen) atoms. The third kappa shape index (κ3) is 45.5. The number of carbonyl (C=O) groups is 3. The quantitative estimate of drug-likeness (QED) is 0.0201. The molecule has 6 heteroatoms. The molecule has 1 atom stereocenters. The third-order valence-corrected chi connectivity index (χ3v) is 10.0. The molecule has 0 aliphatic carbocycles. The van der Waals surface area contributed by atoms with Gasteiger partial charge in [-0.05, 0) is 57.8 Å². The number of hydrogen-bond donors (Lipinski definition) is 0. The van der Waals surface area contributed by atoms with E-state index in [1.165, 1.54) is 103 Å². The maximum absolute atomic E-state index is 12.7. The number of ether oxygens (including phenoxy) is 3. The first-order valence-electron chi connectivity index (χ1n) is 24.2. The standard InChI is InChI=1S/C53H88O6/c1-4-7-10-13-16-19-22-25-26-29-31-34-37-40-43-46-52(55)58-49-50(59-53(56)47-44-41-38-35-32-28-24-21-18-15-12-9-6-3)48-57-51(54)45-42-39-36-33-30-27-23-20-17-14-11-8-5-2/h7,10,13,16,19,22,25-26,28-29,31-32,38,41,50H,4-6,8-9,11-12,14-15,17-18,20-21,23-24,27,30,33-37,39-40,42-49H2,1-3H3/b10-7-,16-13-,22-19-,26-25-,31-29-,32-28-,41-38-. The van der Waals surface area contributed by atoms with Gasteiger partial charge < -0.3 is 14.2 Å². The molecular weight excluding hydrogens is 733 g/mol. The van der Waals surface area contributed by atoms with Gasteiger partial charge in [-0.2, -0.15) is 0 Å². The van der Waals surface area contributed by atoms with Gasteiger partial charge in [0.05, 0.1) is 0 Å².